The standard InChI is InChI=1S/C14H22N2O3S/c1-5-7-8-16(6-2)13-10(14(18)19-4)11(15)12(20-13)9(3)17/h5-8,15H2,1-4H3. The highest BCUT2D eigenvalue weighted by Gasteiger charge is 2.27. The van der Waals surface area contributed by atoms with Crippen molar-refractivity contribution in [2.24, 2.45) is 0 Å². The van der Waals surface area contributed by atoms with Crippen molar-refractivity contribution in [1.29, 1.82) is 0 Å². The molecule has 2 N–H and O–H groups in total. The summed E-state index contributed by atoms with van der Waals surface area (Å²) in [6.45, 7) is 7.16. The van der Waals surface area contributed by atoms with Crippen LogP contribution in [0, 0.1) is 0 Å². The summed E-state index contributed by atoms with van der Waals surface area (Å²) in [5.74, 6) is -0.619. The Hall–Kier alpha value is -1.56. The molecule has 0 aliphatic carbocycles. The van der Waals surface area contributed by atoms with Crippen molar-refractivity contribution in [3.63, 3.8) is 0 Å². The molecule has 0 aliphatic heterocycles. The lowest BCUT2D eigenvalue weighted by atomic mass is 10.2. The predicted molar refractivity (Wildman–Crippen MR) is 82.9 cm³/mol. The molecule has 1 rings (SSSR count). The van der Waals surface area contributed by atoms with Crippen molar-refractivity contribution in [3.05, 3.63) is 10.4 Å². The van der Waals surface area contributed by atoms with Gasteiger partial charge in [0.2, 0.25) is 0 Å². The number of hydrogen-bond donors (Lipinski definition) is 1. The van der Waals surface area contributed by atoms with Crippen LogP contribution in [0.5, 0.6) is 0 Å². The number of methoxy groups -OCH3 is 1. The highest BCUT2D eigenvalue weighted by atomic mass is 32.1. The maximum Gasteiger partial charge on any atom is 0.343 e. The first-order valence-electron chi connectivity index (χ1n) is 6.74. The van der Waals surface area contributed by atoms with Gasteiger partial charge in [-0.05, 0) is 13.3 Å². The Kier molecular flexibility index (Phi) is 6.01. The number of nitrogen functional groups attached to an aromatic ring is 1. The van der Waals surface area contributed by atoms with Gasteiger partial charge in [0, 0.05) is 20.0 Å². The summed E-state index contributed by atoms with van der Waals surface area (Å²) in [4.78, 5) is 26.1. The van der Waals surface area contributed by atoms with Crippen LogP contribution in [-0.2, 0) is 4.74 Å². The van der Waals surface area contributed by atoms with Crippen molar-refractivity contribution < 1.29 is 14.3 Å². The molecule has 1 heterocycles. The van der Waals surface area contributed by atoms with Gasteiger partial charge in [-0.3, -0.25) is 4.79 Å². The second-order valence-corrected chi connectivity index (χ2v) is 5.51. The lowest BCUT2D eigenvalue weighted by Gasteiger charge is -2.22. The number of unbranched alkanes of at least 4 members (excludes halogenated alkanes) is 1. The molecule has 0 fully saturated rings. The molecule has 0 unspecified atom stereocenters. The Balaban J connectivity index is 3.31. The molecule has 6 heteroatoms. The molecule has 112 valence electrons. The topological polar surface area (TPSA) is 72.6 Å². The summed E-state index contributed by atoms with van der Waals surface area (Å²) in [6, 6.07) is 0. The van der Waals surface area contributed by atoms with Crippen molar-refractivity contribution in [3.8, 4) is 0 Å². The molecule has 1 aromatic rings. The SMILES string of the molecule is CCCCN(CC)c1sc(C(C)=O)c(N)c1C(=O)OC. The van der Waals surface area contributed by atoms with Gasteiger partial charge in [-0.25, -0.2) is 4.79 Å². The predicted octanol–water partition coefficient (Wildman–Crippen LogP) is 2.95. The molecule has 0 aromatic carbocycles. The van der Waals surface area contributed by atoms with Gasteiger partial charge in [0.15, 0.2) is 5.78 Å². The third-order valence-corrected chi connectivity index (χ3v) is 4.45. The second-order valence-electron chi connectivity index (χ2n) is 4.51. The highest BCUT2D eigenvalue weighted by molar-refractivity contribution is 7.19. The zero-order chi connectivity index (χ0) is 15.3. The number of nitrogens with two attached hydrogens (primary N) is 1. The average Bonchev–Trinajstić information content (AvgIpc) is 2.77. The first kappa shape index (κ1) is 16.5. The lowest BCUT2D eigenvalue weighted by molar-refractivity contribution is 0.0603. The Morgan fingerprint density at radius 2 is 2.00 bits per heavy atom. The fraction of sp³-hybridized carbons (Fsp3) is 0.571. The molecule has 0 aliphatic rings. The summed E-state index contributed by atoms with van der Waals surface area (Å²) in [5, 5.41) is 0.732. The number of Topliss-reactive ketones (excluding diaryl/α,β-unsaturated/α-hetero) is 1. The van der Waals surface area contributed by atoms with Gasteiger partial charge in [-0.15, -0.1) is 11.3 Å². The minimum Gasteiger partial charge on any atom is -0.465 e. The van der Waals surface area contributed by atoms with Crippen LogP contribution < -0.4 is 10.6 Å². The van der Waals surface area contributed by atoms with E-state index in [9.17, 15) is 9.59 Å². The van der Waals surface area contributed by atoms with E-state index in [0.717, 1.165) is 30.9 Å². The van der Waals surface area contributed by atoms with Gasteiger partial charge >= 0.3 is 5.97 Å². The quantitative estimate of drug-likeness (QED) is 0.619. The van der Waals surface area contributed by atoms with Gasteiger partial charge in [0.05, 0.1) is 17.7 Å². The molecular formula is C14H22N2O3S. The summed E-state index contributed by atoms with van der Waals surface area (Å²) in [5.41, 5.74) is 6.52. The number of thiophene rings is 1. The number of esters is 1. The van der Waals surface area contributed by atoms with Crippen LogP contribution in [0.25, 0.3) is 0 Å². The van der Waals surface area contributed by atoms with E-state index in [1.54, 1.807) is 0 Å². The van der Waals surface area contributed by atoms with E-state index in [-0.39, 0.29) is 11.5 Å². The van der Waals surface area contributed by atoms with Crippen LogP contribution in [0.3, 0.4) is 0 Å². The zero-order valence-corrected chi connectivity index (χ0v) is 13.3. The van der Waals surface area contributed by atoms with Crippen LogP contribution in [-0.4, -0.2) is 32.0 Å². The van der Waals surface area contributed by atoms with Gasteiger partial charge in [0.25, 0.3) is 0 Å². The Bertz CT molecular complexity index is 497. The minimum absolute atomic E-state index is 0.129. The molecule has 0 spiro atoms. The highest BCUT2D eigenvalue weighted by Crippen LogP contribution is 2.39. The second kappa shape index (κ2) is 7.28. The van der Waals surface area contributed by atoms with E-state index in [2.05, 4.69) is 11.8 Å². The average molecular weight is 298 g/mol. The van der Waals surface area contributed by atoms with Gasteiger partial charge in [-0.2, -0.15) is 0 Å². The summed E-state index contributed by atoms with van der Waals surface area (Å²) >= 11 is 1.27. The normalized spacial score (nSPS) is 10.4. The number of ether oxygens (including phenoxy) is 1. The number of rotatable bonds is 7. The number of carbonyl (C=O) groups excluding carboxylic acids is 2. The monoisotopic (exact) mass is 298 g/mol. The fourth-order valence-electron chi connectivity index (χ4n) is 1.97. The van der Waals surface area contributed by atoms with Crippen LogP contribution in [0.1, 0.15) is 53.6 Å². The first-order chi connectivity index (χ1) is 9.47. The Labute approximate surface area is 123 Å². The number of nitrogens with zero attached hydrogens (tertiary/aromatic N) is 1. The number of ketones is 1. The maximum absolute atomic E-state index is 12.0. The van der Waals surface area contributed by atoms with E-state index < -0.39 is 5.97 Å². The van der Waals surface area contributed by atoms with Gasteiger partial charge in [-0.1, -0.05) is 13.3 Å². The van der Waals surface area contributed by atoms with Crippen LogP contribution in [0.2, 0.25) is 0 Å². The molecule has 0 saturated carbocycles. The van der Waals surface area contributed by atoms with Crippen LogP contribution in [0.4, 0.5) is 10.7 Å². The number of anilines is 2. The van der Waals surface area contributed by atoms with Crippen LogP contribution in [0.15, 0.2) is 0 Å². The van der Waals surface area contributed by atoms with Crippen molar-refractivity contribution >= 4 is 33.8 Å². The van der Waals surface area contributed by atoms with Crippen molar-refractivity contribution in [2.45, 2.75) is 33.6 Å². The fourth-order valence-corrected chi connectivity index (χ4v) is 3.16. The molecule has 1 aromatic heterocycles. The molecule has 0 bridgehead atoms. The third-order valence-electron chi connectivity index (χ3n) is 3.09. The molecule has 0 radical (unpaired) electrons. The van der Waals surface area contributed by atoms with E-state index >= 15 is 0 Å². The van der Waals surface area contributed by atoms with E-state index in [4.69, 9.17) is 10.5 Å². The Morgan fingerprint density at radius 1 is 1.35 bits per heavy atom. The van der Waals surface area contributed by atoms with E-state index in [1.165, 1.54) is 25.4 Å². The zero-order valence-electron chi connectivity index (χ0n) is 12.5. The van der Waals surface area contributed by atoms with Gasteiger partial charge < -0.3 is 15.4 Å². The number of hydrogen-bond acceptors (Lipinski definition) is 6. The molecule has 0 saturated heterocycles. The third kappa shape index (κ3) is 3.30. The first-order valence-corrected chi connectivity index (χ1v) is 7.55. The summed E-state index contributed by atoms with van der Waals surface area (Å²) in [7, 11) is 1.32. The largest absolute Gasteiger partial charge is 0.465 e. The maximum atomic E-state index is 12.0. The smallest absolute Gasteiger partial charge is 0.343 e. The molecule has 5 nitrogen and oxygen atoms in total. The summed E-state index contributed by atoms with van der Waals surface area (Å²) < 4.78 is 4.80. The van der Waals surface area contributed by atoms with Crippen molar-refractivity contribution in [1.82, 2.24) is 0 Å². The summed E-state index contributed by atoms with van der Waals surface area (Å²) in [6.07, 6.45) is 2.08. The molecule has 0 atom stereocenters. The Morgan fingerprint density at radius 3 is 2.45 bits per heavy atom. The lowest BCUT2D eigenvalue weighted by Crippen LogP contribution is -2.25. The van der Waals surface area contributed by atoms with E-state index in [1.807, 2.05) is 6.92 Å². The molecule has 0 amide bonds. The van der Waals surface area contributed by atoms with Crippen molar-refractivity contribution in [2.75, 3.05) is 30.8 Å². The minimum atomic E-state index is -0.490. The number of carbonyl (C=O) groups is 2. The molecule has 20 heavy (non-hydrogen) atoms. The van der Waals surface area contributed by atoms with E-state index in [0.29, 0.717) is 10.4 Å². The molecular weight excluding hydrogens is 276 g/mol. The van der Waals surface area contributed by atoms with Gasteiger partial charge in [0.1, 0.15) is 10.6 Å². The van der Waals surface area contributed by atoms with Crippen LogP contribution >= 0.6 is 11.3 Å².